The molecule has 1 atom stereocenters. The van der Waals surface area contributed by atoms with Crippen molar-refractivity contribution in [1.29, 1.82) is 0 Å². The van der Waals surface area contributed by atoms with E-state index in [1.807, 2.05) is 36.4 Å². The highest BCUT2D eigenvalue weighted by Crippen LogP contribution is 2.35. The maximum absolute atomic E-state index is 11.8. The third-order valence-electron chi connectivity index (χ3n) is 5.91. The largest absolute Gasteiger partial charge is 0.493 e. The van der Waals surface area contributed by atoms with Gasteiger partial charge in [0.1, 0.15) is 12.0 Å². The normalized spacial score (nSPS) is 14.5. The Kier molecular flexibility index (Phi) is 5.98. The van der Waals surface area contributed by atoms with Crippen LogP contribution in [0.5, 0.6) is 5.75 Å². The van der Waals surface area contributed by atoms with Crippen molar-refractivity contribution < 1.29 is 14.6 Å². The van der Waals surface area contributed by atoms with Gasteiger partial charge in [-0.15, -0.1) is 0 Å². The van der Waals surface area contributed by atoms with Gasteiger partial charge in [-0.2, -0.15) is 0 Å². The van der Waals surface area contributed by atoms with Gasteiger partial charge in [0.25, 0.3) is 0 Å². The molecule has 2 N–H and O–H groups in total. The lowest BCUT2D eigenvalue weighted by Gasteiger charge is -2.34. The summed E-state index contributed by atoms with van der Waals surface area (Å²) in [5, 5.41) is 14.1. The van der Waals surface area contributed by atoms with Gasteiger partial charge in [0.05, 0.1) is 6.61 Å². The van der Waals surface area contributed by atoms with Gasteiger partial charge >= 0.3 is 0 Å². The Morgan fingerprint density at radius 1 is 1.22 bits per heavy atom. The molecular formula is C23H29NO3. The van der Waals surface area contributed by atoms with Crippen LogP contribution in [0.1, 0.15) is 66.9 Å². The highest BCUT2D eigenvalue weighted by Gasteiger charge is 2.30. The molecule has 0 bridgehead atoms. The van der Waals surface area contributed by atoms with Gasteiger partial charge < -0.3 is 9.84 Å². The maximum atomic E-state index is 11.8. The number of carbonyl (C=O) groups excluding carboxylic acids is 1. The van der Waals surface area contributed by atoms with Gasteiger partial charge in [-0.1, -0.05) is 50.2 Å². The smallest absolute Gasteiger partial charge is 0.159 e. The predicted molar refractivity (Wildman–Crippen MR) is 107 cm³/mol. The zero-order chi connectivity index (χ0) is 19.4. The number of rotatable bonds is 8. The third kappa shape index (κ3) is 3.92. The van der Waals surface area contributed by atoms with Crippen molar-refractivity contribution in [2.75, 3.05) is 13.2 Å². The molecule has 2 aromatic carbocycles. The van der Waals surface area contributed by atoms with Crippen LogP contribution in [0.2, 0.25) is 0 Å². The van der Waals surface area contributed by atoms with E-state index in [0.717, 1.165) is 47.3 Å². The number of carbonyl (C=O) groups is 1. The van der Waals surface area contributed by atoms with E-state index >= 15 is 0 Å². The summed E-state index contributed by atoms with van der Waals surface area (Å²) in [4.78, 5) is 11.8. The molecule has 0 saturated carbocycles. The van der Waals surface area contributed by atoms with E-state index in [0.29, 0.717) is 13.2 Å². The summed E-state index contributed by atoms with van der Waals surface area (Å²) in [6.45, 7) is 7.19. The molecule has 1 heterocycles. The molecule has 0 radical (unpaired) electrons. The van der Waals surface area contributed by atoms with Crippen molar-refractivity contribution in [1.82, 2.24) is 5.32 Å². The topological polar surface area (TPSA) is 58.6 Å². The lowest BCUT2D eigenvalue weighted by atomic mass is 9.75. The van der Waals surface area contributed by atoms with Crippen molar-refractivity contribution in [3.8, 4) is 5.75 Å². The van der Waals surface area contributed by atoms with E-state index in [2.05, 4.69) is 25.2 Å². The Balaban J connectivity index is 1.82. The van der Waals surface area contributed by atoms with Crippen molar-refractivity contribution in [2.24, 2.45) is 0 Å². The fraction of sp³-hybridized carbons (Fsp3) is 0.435. The van der Waals surface area contributed by atoms with E-state index in [1.54, 1.807) is 6.92 Å². The first-order valence-corrected chi connectivity index (χ1v) is 9.78. The molecule has 2 aromatic rings. The Bertz CT molecular complexity index is 811. The fourth-order valence-corrected chi connectivity index (χ4v) is 3.94. The van der Waals surface area contributed by atoms with Crippen molar-refractivity contribution >= 4 is 5.78 Å². The first-order chi connectivity index (χ1) is 13.0. The van der Waals surface area contributed by atoms with Gasteiger partial charge in [-0.25, -0.2) is 0 Å². The van der Waals surface area contributed by atoms with Crippen LogP contribution in [0.25, 0.3) is 0 Å². The van der Waals surface area contributed by atoms with Gasteiger partial charge in [-0.05, 0) is 37.0 Å². The molecule has 0 aliphatic carbocycles. The second-order valence-electron chi connectivity index (χ2n) is 7.34. The van der Waals surface area contributed by atoms with Crippen molar-refractivity contribution in [3.05, 3.63) is 64.7 Å². The summed E-state index contributed by atoms with van der Waals surface area (Å²) in [5.74, 6) is 0.887. The number of para-hydroxylation sites is 1. The Labute approximate surface area is 161 Å². The molecule has 1 aliphatic heterocycles. The minimum Gasteiger partial charge on any atom is -0.493 e. The minimum absolute atomic E-state index is 0.0722. The Hall–Kier alpha value is -2.17. The van der Waals surface area contributed by atoms with Gasteiger partial charge in [0, 0.05) is 29.5 Å². The quantitative estimate of drug-likeness (QED) is 0.543. The van der Waals surface area contributed by atoms with Gasteiger partial charge in [0.15, 0.2) is 5.78 Å². The summed E-state index contributed by atoms with van der Waals surface area (Å²) in [6.07, 6.45) is 1.93. The third-order valence-corrected chi connectivity index (χ3v) is 5.91. The number of benzene rings is 2. The lowest BCUT2D eigenvalue weighted by Crippen LogP contribution is -2.39. The van der Waals surface area contributed by atoms with Crippen LogP contribution in [0.3, 0.4) is 0 Å². The molecule has 1 aliphatic rings. The monoisotopic (exact) mass is 367 g/mol. The first-order valence-electron chi connectivity index (χ1n) is 9.78. The molecule has 0 aromatic heterocycles. The molecule has 1 unspecified atom stereocenters. The number of ketones is 1. The zero-order valence-electron chi connectivity index (χ0n) is 16.4. The molecule has 4 nitrogen and oxygen atoms in total. The lowest BCUT2D eigenvalue weighted by molar-refractivity contribution is 0.101. The number of aliphatic hydroxyl groups excluding tert-OH is 1. The first kappa shape index (κ1) is 19.6. The number of hydrogen-bond donors (Lipinski definition) is 2. The molecule has 0 amide bonds. The summed E-state index contributed by atoms with van der Waals surface area (Å²) >= 11 is 0. The predicted octanol–water partition coefficient (Wildman–Crippen LogP) is 4.16. The molecule has 0 fully saturated rings. The zero-order valence-corrected chi connectivity index (χ0v) is 16.4. The molecule has 0 saturated heterocycles. The Morgan fingerprint density at radius 2 is 1.96 bits per heavy atom. The molecule has 27 heavy (non-hydrogen) atoms. The molecule has 3 rings (SSSR count). The van der Waals surface area contributed by atoms with E-state index in [-0.39, 0.29) is 11.2 Å². The molecule has 0 spiro atoms. The fourth-order valence-electron chi connectivity index (χ4n) is 3.94. The van der Waals surface area contributed by atoms with Gasteiger partial charge in [0.2, 0.25) is 0 Å². The second-order valence-corrected chi connectivity index (χ2v) is 7.34. The summed E-state index contributed by atoms with van der Waals surface area (Å²) < 4.78 is 5.72. The van der Waals surface area contributed by atoms with E-state index < -0.39 is 6.23 Å². The number of fused-ring (bicyclic) bond motifs is 1. The van der Waals surface area contributed by atoms with E-state index in [4.69, 9.17) is 4.74 Å². The number of ether oxygens (including phenoxy) is 1. The minimum atomic E-state index is -0.786. The summed E-state index contributed by atoms with van der Waals surface area (Å²) in [6, 6.07) is 13.8. The summed E-state index contributed by atoms with van der Waals surface area (Å²) in [7, 11) is 0. The van der Waals surface area contributed by atoms with E-state index in [9.17, 15) is 9.90 Å². The van der Waals surface area contributed by atoms with Crippen LogP contribution in [0.4, 0.5) is 0 Å². The van der Waals surface area contributed by atoms with Crippen LogP contribution in [-0.2, 0) is 11.8 Å². The van der Waals surface area contributed by atoms with Crippen LogP contribution in [-0.4, -0.2) is 24.0 Å². The molecule has 144 valence electrons. The number of nitrogens with one attached hydrogen (secondary N) is 1. The maximum Gasteiger partial charge on any atom is 0.159 e. The Morgan fingerprint density at radius 3 is 2.67 bits per heavy atom. The van der Waals surface area contributed by atoms with Crippen LogP contribution >= 0.6 is 0 Å². The molecule has 4 heteroatoms. The van der Waals surface area contributed by atoms with Crippen molar-refractivity contribution in [2.45, 2.75) is 51.7 Å². The summed E-state index contributed by atoms with van der Waals surface area (Å²) in [5.41, 5.74) is 3.66. The van der Waals surface area contributed by atoms with Crippen LogP contribution < -0.4 is 10.1 Å². The standard InChI is InChI=1S/C23H29NO3/c1-4-23(5-2,19-10-6-9-18(14-19)16(3)25)15-24-22(26)20-11-7-8-17-12-13-27-21(17)20/h6-11,14,22,24,26H,4-5,12-13,15H2,1-3H3. The number of hydrogen-bond acceptors (Lipinski definition) is 4. The SMILES string of the molecule is CCC(CC)(CNC(O)c1cccc2c1OCC2)c1cccc(C(C)=O)c1. The molecular weight excluding hydrogens is 338 g/mol. The second kappa shape index (κ2) is 8.24. The highest BCUT2D eigenvalue weighted by atomic mass is 16.5. The van der Waals surface area contributed by atoms with E-state index in [1.165, 1.54) is 0 Å². The van der Waals surface area contributed by atoms with Crippen molar-refractivity contribution in [3.63, 3.8) is 0 Å². The average Bonchev–Trinajstić information content (AvgIpc) is 3.18. The number of Topliss-reactive ketones (excluding diaryl/α,β-unsaturated/α-hetero) is 1. The van der Waals surface area contributed by atoms with Gasteiger partial charge in [-0.3, -0.25) is 10.1 Å². The van der Waals surface area contributed by atoms with Crippen LogP contribution in [0, 0.1) is 0 Å². The van der Waals surface area contributed by atoms with Crippen LogP contribution in [0.15, 0.2) is 42.5 Å². The highest BCUT2D eigenvalue weighted by molar-refractivity contribution is 5.94. The number of aliphatic hydroxyl groups is 1. The average molecular weight is 367 g/mol.